The van der Waals surface area contributed by atoms with Crippen molar-refractivity contribution in [3.8, 4) is 0 Å². The van der Waals surface area contributed by atoms with Gasteiger partial charge in [-0.3, -0.25) is 4.79 Å². The zero-order valence-corrected chi connectivity index (χ0v) is 8.00. The number of Topliss-reactive ketones (excluding diaryl/α,β-unsaturated/α-hetero) is 1. The average molecular weight is 178 g/mol. The summed E-state index contributed by atoms with van der Waals surface area (Å²) in [4.78, 5) is 15.5. The summed E-state index contributed by atoms with van der Waals surface area (Å²) in [5.74, 6) is 0.0953. The third kappa shape index (κ3) is 2.63. The van der Waals surface area contributed by atoms with Crippen LogP contribution in [0.15, 0.2) is 18.2 Å². The molecule has 0 atom stereocenters. The monoisotopic (exact) mass is 178 g/mol. The third-order valence-corrected chi connectivity index (χ3v) is 1.77. The van der Waals surface area contributed by atoms with Crippen LogP contribution in [0.2, 0.25) is 0 Å². The highest BCUT2D eigenvalue weighted by Gasteiger charge is 2.04. The van der Waals surface area contributed by atoms with E-state index in [4.69, 9.17) is 0 Å². The second kappa shape index (κ2) is 4.72. The molecule has 3 heteroatoms. The van der Waals surface area contributed by atoms with E-state index in [1.165, 1.54) is 0 Å². The zero-order chi connectivity index (χ0) is 9.68. The number of carbonyl (C=O) groups excluding carboxylic acids is 1. The first-order valence-electron chi connectivity index (χ1n) is 4.41. The maximum atomic E-state index is 11.3. The highest BCUT2D eigenvalue weighted by atomic mass is 16.1. The van der Waals surface area contributed by atoms with Crippen LogP contribution in [-0.2, 0) is 6.54 Å². The second-order valence-electron chi connectivity index (χ2n) is 2.82. The maximum absolute atomic E-state index is 11.3. The Morgan fingerprint density at radius 3 is 2.92 bits per heavy atom. The molecule has 1 aromatic heterocycles. The second-order valence-corrected chi connectivity index (χ2v) is 2.82. The van der Waals surface area contributed by atoms with Crippen molar-refractivity contribution in [2.75, 3.05) is 7.05 Å². The topological polar surface area (TPSA) is 42.0 Å². The number of nitrogens with zero attached hydrogens (tertiary/aromatic N) is 1. The van der Waals surface area contributed by atoms with E-state index in [9.17, 15) is 4.79 Å². The number of aromatic nitrogens is 1. The normalized spacial score (nSPS) is 10.0. The van der Waals surface area contributed by atoms with Crippen molar-refractivity contribution >= 4 is 5.78 Å². The molecule has 1 N–H and O–H groups in total. The smallest absolute Gasteiger partial charge is 0.180 e. The highest BCUT2D eigenvalue weighted by Crippen LogP contribution is 2.02. The minimum absolute atomic E-state index is 0.0953. The average Bonchev–Trinajstić information content (AvgIpc) is 2.18. The summed E-state index contributed by atoms with van der Waals surface area (Å²) in [5, 5.41) is 2.99. The molecule has 1 aromatic rings. The number of carbonyl (C=O) groups is 1. The molecule has 0 aliphatic rings. The van der Waals surface area contributed by atoms with Gasteiger partial charge in [-0.25, -0.2) is 4.98 Å². The van der Waals surface area contributed by atoms with Crippen LogP contribution in [0.3, 0.4) is 0 Å². The van der Waals surface area contributed by atoms with Crippen LogP contribution in [0, 0.1) is 0 Å². The van der Waals surface area contributed by atoms with Gasteiger partial charge in [0.05, 0.1) is 5.69 Å². The summed E-state index contributed by atoms with van der Waals surface area (Å²) in [5.41, 5.74) is 1.47. The van der Waals surface area contributed by atoms with Crippen molar-refractivity contribution in [3.05, 3.63) is 29.6 Å². The van der Waals surface area contributed by atoms with E-state index in [1.54, 1.807) is 6.07 Å². The van der Waals surface area contributed by atoms with Crippen LogP contribution in [0.4, 0.5) is 0 Å². The zero-order valence-electron chi connectivity index (χ0n) is 8.00. The maximum Gasteiger partial charge on any atom is 0.180 e. The van der Waals surface area contributed by atoms with Gasteiger partial charge in [0.1, 0.15) is 5.69 Å². The number of ketones is 1. The summed E-state index contributed by atoms with van der Waals surface area (Å²) in [6.45, 7) is 2.54. The van der Waals surface area contributed by atoms with E-state index in [0.29, 0.717) is 18.7 Å². The molecule has 3 nitrogen and oxygen atoms in total. The first-order chi connectivity index (χ1) is 6.27. The number of nitrogens with one attached hydrogen (secondary N) is 1. The SMILES string of the molecule is CCC(=O)c1cccc(CNC)n1. The predicted molar refractivity (Wildman–Crippen MR) is 51.6 cm³/mol. The molecule has 1 rings (SSSR count). The summed E-state index contributed by atoms with van der Waals surface area (Å²) in [6, 6.07) is 5.52. The summed E-state index contributed by atoms with van der Waals surface area (Å²) in [6.07, 6.45) is 0.510. The van der Waals surface area contributed by atoms with Crippen LogP contribution >= 0.6 is 0 Å². The standard InChI is InChI=1S/C10H14N2O/c1-3-10(13)9-6-4-5-8(12-9)7-11-2/h4-6,11H,3,7H2,1-2H3. The third-order valence-electron chi connectivity index (χ3n) is 1.77. The molecule has 0 aliphatic heterocycles. The minimum Gasteiger partial charge on any atom is -0.314 e. The van der Waals surface area contributed by atoms with Crippen LogP contribution in [0.25, 0.3) is 0 Å². The molecule has 13 heavy (non-hydrogen) atoms. The van der Waals surface area contributed by atoms with Crippen LogP contribution in [0.1, 0.15) is 29.5 Å². The van der Waals surface area contributed by atoms with Gasteiger partial charge in [0.25, 0.3) is 0 Å². The van der Waals surface area contributed by atoms with E-state index >= 15 is 0 Å². The Morgan fingerprint density at radius 1 is 1.54 bits per heavy atom. The fourth-order valence-electron chi connectivity index (χ4n) is 1.10. The van der Waals surface area contributed by atoms with Gasteiger partial charge in [-0.05, 0) is 19.2 Å². The fraction of sp³-hybridized carbons (Fsp3) is 0.400. The lowest BCUT2D eigenvalue weighted by molar-refractivity contribution is 0.0983. The number of pyridine rings is 1. The minimum atomic E-state index is 0.0953. The molecular formula is C10H14N2O. The van der Waals surface area contributed by atoms with Gasteiger partial charge < -0.3 is 5.32 Å². The highest BCUT2D eigenvalue weighted by molar-refractivity contribution is 5.93. The molecule has 0 fully saturated rings. The number of hydrogen-bond donors (Lipinski definition) is 1. The van der Waals surface area contributed by atoms with Gasteiger partial charge in [-0.1, -0.05) is 13.0 Å². The van der Waals surface area contributed by atoms with Gasteiger partial charge in [0.2, 0.25) is 0 Å². The van der Waals surface area contributed by atoms with Gasteiger partial charge in [0.15, 0.2) is 5.78 Å². The molecule has 0 bridgehead atoms. The molecular weight excluding hydrogens is 164 g/mol. The molecule has 0 spiro atoms. The van der Waals surface area contributed by atoms with Gasteiger partial charge in [-0.2, -0.15) is 0 Å². The Bertz CT molecular complexity index is 297. The number of rotatable bonds is 4. The molecule has 0 saturated carbocycles. The van der Waals surface area contributed by atoms with Crippen molar-refractivity contribution in [2.24, 2.45) is 0 Å². The molecule has 0 radical (unpaired) electrons. The lowest BCUT2D eigenvalue weighted by atomic mass is 10.2. The van der Waals surface area contributed by atoms with E-state index in [-0.39, 0.29) is 5.78 Å². The molecule has 0 saturated heterocycles. The Balaban J connectivity index is 2.85. The Hall–Kier alpha value is -1.22. The number of hydrogen-bond acceptors (Lipinski definition) is 3. The van der Waals surface area contributed by atoms with Crippen LogP contribution < -0.4 is 5.32 Å². The quantitative estimate of drug-likeness (QED) is 0.708. The van der Waals surface area contributed by atoms with Crippen molar-refractivity contribution in [1.82, 2.24) is 10.3 Å². The van der Waals surface area contributed by atoms with Crippen LogP contribution in [0.5, 0.6) is 0 Å². The Labute approximate surface area is 78.2 Å². The first-order valence-corrected chi connectivity index (χ1v) is 4.41. The van der Waals surface area contributed by atoms with Crippen molar-refractivity contribution < 1.29 is 4.79 Å². The van der Waals surface area contributed by atoms with E-state index in [2.05, 4.69) is 10.3 Å². The van der Waals surface area contributed by atoms with E-state index in [0.717, 1.165) is 5.69 Å². The van der Waals surface area contributed by atoms with Crippen molar-refractivity contribution in [3.63, 3.8) is 0 Å². The van der Waals surface area contributed by atoms with Gasteiger partial charge in [-0.15, -0.1) is 0 Å². The summed E-state index contributed by atoms with van der Waals surface area (Å²) in [7, 11) is 1.86. The predicted octanol–water partition coefficient (Wildman–Crippen LogP) is 1.39. The fourth-order valence-corrected chi connectivity index (χ4v) is 1.10. The molecule has 0 aromatic carbocycles. The lowest BCUT2D eigenvalue weighted by Crippen LogP contribution is -2.09. The van der Waals surface area contributed by atoms with Crippen molar-refractivity contribution in [1.29, 1.82) is 0 Å². The van der Waals surface area contributed by atoms with E-state index < -0.39 is 0 Å². The molecule has 0 unspecified atom stereocenters. The van der Waals surface area contributed by atoms with E-state index in [1.807, 2.05) is 26.1 Å². The molecule has 1 heterocycles. The van der Waals surface area contributed by atoms with Crippen LogP contribution in [-0.4, -0.2) is 17.8 Å². The first kappa shape index (κ1) is 9.86. The molecule has 0 amide bonds. The summed E-state index contributed by atoms with van der Waals surface area (Å²) < 4.78 is 0. The largest absolute Gasteiger partial charge is 0.314 e. The summed E-state index contributed by atoms with van der Waals surface area (Å²) >= 11 is 0. The Morgan fingerprint density at radius 2 is 2.31 bits per heavy atom. The lowest BCUT2D eigenvalue weighted by Gasteiger charge is -2.01. The van der Waals surface area contributed by atoms with Gasteiger partial charge >= 0.3 is 0 Å². The van der Waals surface area contributed by atoms with Gasteiger partial charge in [0, 0.05) is 13.0 Å². The van der Waals surface area contributed by atoms with Crippen molar-refractivity contribution in [2.45, 2.75) is 19.9 Å². The Kier molecular flexibility index (Phi) is 3.58. The molecule has 0 aliphatic carbocycles. The molecule has 70 valence electrons.